The Morgan fingerprint density at radius 3 is 0.886 bits per heavy atom. The van der Waals surface area contributed by atoms with E-state index in [2.05, 4.69) is 19.1 Å². The Labute approximate surface area is 436 Å². The lowest BCUT2D eigenvalue weighted by atomic mass is 9.92. The molecule has 0 saturated carbocycles. The lowest BCUT2D eigenvalue weighted by Crippen LogP contribution is -2.40. The second kappa shape index (κ2) is 53.9. The molecule has 0 spiro atoms. The van der Waals surface area contributed by atoms with Gasteiger partial charge in [-0.3, -0.25) is 9.59 Å². The molecule has 0 amide bonds. The van der Waals surface area contributed by atoms with Crippen molar-refractivity contribution < 1.29 is 29.3 Å². The Bertz CT molecular complexity index is 1100. The third kappa shape index (κ3) is 45.2. The van der Waals surface area contributed by atoms with Crippen LogP contribution in [0.25, 0.3) is 0 Å². The average molecular weight is 988 g/mol. The van der Waals surface area contributed by atoms with Crippen molar-refractivity contribution >= 4 is 11.9 Å². The van der Waals surface area contributed by atoms with Gasteiger partial charge >= 0.3 is 11.9 Å². The molecule has 0 aromatic heterocycles. The second-order valence-electron chi connectivity index (χ2n) is 22.8. The first kappa shape index (κ1) is 66.6. The SMILES string of the molecule is CCCCCCCCCCCCCCCCCCCCCCCCCCCCCCCCCCCCCC/C=C/CCCCCCCCCCCCCCCC1CC(=O)OCC(CO)(CO)COC1=O. The fourth-order valence-electron chi connectivity index (χ4n) is 10.6. The Hall–Kier alpha value is -1.40. The molecule has 1 unspecified atom stereocenters. The van der Waals surface area contributed by atoms with Crippen LogP contribution in [-0.2, 0) is 19.1 Å². The van der Waals surface area contributed by atoms with Crippen molar-refractivity contribution in [3.8, 4) is 0 Å². The summed E-state index contributed by atoms with van der Waals surface area (Å²) in [6.07, 6.45) is 77.2. The van der Waals surface area contributed by atoms with Crippen LogP contribution in [0.4, 0.5) is 0 Å². The molecule has 6 nitrogen and oxygen atoms in total. The van der Waals surface area contributed by atoms with Crippen molar-refractivity contribution in [3.63, 3.8) is 0 Å². The van der Waals surface area contributed by atoms with Gasteiger partial charge in [0.1, 0.15) is 13.2 Å². The lowest BCUT2D eigenvalue weighted by Gasteiger charge is -2.27. The number of aliphatic hydroxyl groups is 2. The Kier molecular flexibility index (Phi) is 51.3. The molecule has 0 radical (unpaired) electrons. The van der Waals surface area contributed by atoms with Gasteiger partial charge in [0.2, 0.25) is 0 Å². The number of hydrogen-bond acceptors (Lipinski definition) is 6. The molecule has 0 aromatic carbocycles. The third-order valence-electron chi connectivity index (χ3n) is 15.8. The minimum Gasteiger partial charge on any atom is -0.465 e. The lowest BCUT2D eigenvalue weighted by molar-refractivity contribution is -0.155. The van der Waals surface area contributed by atoms with Crippen LogP contribution in [0.3, 0.4) is 0 Å². The van der Waals surface area contributed by atoms with Gasteiger partial charge in [0.15, 0.2) is 0 Å². The molecule has 1 heterocycles. The molecule has 1 saturated heterocycles. The topological polar surface area (TPSA) is 93.1 Å². The van der Waals surface area contributed by atoms with E-state index in [4.69, 9.17) is 9.47 Å². The number of hydrogen-bond donors (Lipinski definition) is 2. The third-order valence-corrected chi connectivity index (χ3v) is 15.8. The molecular formula is C64H122O6. The molecule has 70 heavy (non-hydrogen) atoms. The Morgan fingerprint density at radius 1 is 0.371 bits per heavy atom. The summed E-state index contributed by atoms with van der Waals surface area (Å²) in [5.41, 5.74) is -1.12. The highest BCUT2D eigenvalue weighted by molar-refractivity contribution is 5.80. The largest absolute Gasteiger partial charge is 0.465 e. The Morgan fingerprint density at radius 2 is 0.614 bits per heavy atom. The van der Waals surface area contributed by atoms with Gasteiger partial charge in [0.05, 0.1) is 31.0 Å². The van der Waals surface area contributed by atoms with Gasteiger partial charge < -0.3 is 19.7 Å². The standard InChI is InChI=1S/C64H122O6/c1-2-3-4-5-6-7-8-9-10-11-12-13-14-15-16-17-18-19-20-21-22-23-24-25-26-27-28-29-30-31-32-33-34-35-36-37-38-39-40-41-42-43-44-45-46-47-48-49-50-51-52-53-54-55-61-56-62(67)69-59-64(57-65,58-66)60-70-63(61)68/h39-40,61,65-66H,2-38,41-60H2,1H3/b40-39+. The van der Waals surface area contributed by atoms with Gasteiger partial charge in [-0.25, -0.2) is 0 Å². The first-order valence-electron chi connectivity index (χ1n) is 31.8. The summed E-state index contributed by atoms with van der Waals surface area (Å²) in [5, 5.41) is 19.2. The maximum atomic E-state index is 12.5. The van der Waals surface area contributed by atoms with Gasteiger partial charge in [-0.15, -0.1) is 0 Å². The predicted molar refractivity (Wildman–Crippen MR) is 302 cm³/mol. The minimum atomic E-state index is -1.12. The number of unbranched alkanes of at least 4 members (excludes halogenated alkanes) is 49. The molecule has 414 valence electrons. The van der Waals surface area contributed by atoms with E-state index in [1.807, 2.05) is 0 Å². The number of carbonyl (C=O) groups excluding carboxylic acids is 2. The number of aliphatic hydroxyl groups excluding tert-OH is 2. The quantitative estimate of drug-likeness (QED) is 0.0358. The van der Waals surface area contributed by atoms with E-state index in [9.17, 15) is 19.8 Å². The monoisotopic (exact) mass is 987 g/mol. The van der Waals surface area contributed by atoms with E-state index in [0.29, 0.717) is 6.42 Å². The van der Waals surface area contributed by atoms with E-state index in [0.717, 1.165) is 19.3 Å². The van der Waals surface area contributed by atoms with Crippen molar-refractivity contribution in [1.82, 2.24) is 0 Å². The molecule has 1 rings (SSSR count). The zero-order valence-electron chi connectivity index (χ0n) is 47.1. The van der Waals surface area contributed by atoms with Crippen molar-refractivity contribution in [3.05, 3.63) is 12.2 Å². The highest BCUT2D eigenvalue weighted by Gasteiger charge is 2.36. The van der Waals surface area contributed by atoms with E-state index >= 15 is 0 Å². The highest BCUT2D eigenvalue weighted by Crippen LogP contribution is 2.25. The van der Waals surface area contributed by atoms with Crippen LogP contribution in [-0.4, -0.2) is 48.6 Å². The number of esters is 2. The molecule has 1 atom stereocenters. The van der Waals surface area contributed by atoms with Crippen LogP contribution < -0.4 is 0 Å². The normalized spacial score (nSPS) is 15.3. The number of allylic oxidation sites excluding steroid dienone is 2. The Balaban J connectivity index is 1.69. The molecule has 0 aromatic rings. The first-order chi connectivity index (χ1) is 34.6. The predicted octanol–water partition coefficient (Wildman–Crippen LogP) is 19.9. The summed E-state index contributed by atoms with van der Waals surface area (Å²) >= 11 is 0. The van der Waals surface area contributed by atoms with Crippen LogP contribution in [0.15, 0.2) is 12.2 Å². The molecule has 1 aliphatic rings. The number of rotatable bonds is 55. The first-order valence-corrected chi connectivity index (χ1v) is 31.8. The van der Waals surface area contributed by atoms with Gasteiger partial charge in [-0.2, -0.15) is 0 Å². The minimum absolute atomic E-state index is 0.00264. The van der Waals surface area contributed by atoms with Gasteiger partial charge in [0, 0.05) is 0 Å². The zero-order chi connectivity index (χ0) is 50.4. The summed E-state index contributed by atoms with van der Waals surface area (Å²) in [5.74, 6) is -1.40. The van der Waals surface area contributed by atoms with Crippen LogP contribution >= 0.6 is 0 Å². The molecule has 1 aliphatic heterocycles. The fourth-order valence-corrected chi connectivity index (χ4v) is 10.6. The van der Waals surface area contributed by atoms with Crippen molar-refractivity contribution in [2.24, 2.45) is 11.3 Å². The number of ether oxygens (including phenoxy) is 2. The van der Waals surface area contributed by atoms with Crippen molar-refractivity contribution in [2.45, 2.75) is 347 Å². The molecular weight excluding hydrogens is 865 g/mol. The second-order valence-corrected chi connectivity index (χ2v) is 22.8. The molecule has 1 fully saturated rings. The smallest absolute Gasteiger partial charge is 0.309 e. The summed E-state index contributed by atoms with van der Waals surface area (Å²) in [6, 6.07) is 0. The van der Waals surface area contributed by atoms with Crippen LogP contribution in [0.1, 0.15) is 347 Å². The van der Waals surface area contributed by atoms with Crippen LogP contribution in [0.5, 0.6) is 0 Å². The molecule has 6 heteroatoms. The van der Waals surface area contributed by atoms with Crippen LogP contribution in [0.2, 0.25) is 0 Å². The number of carbonyl (C=O) groups is 2. The van der Waals surface area contributed by atoms with E-state index in [1.165, 1.54) is 308 Å². The van der Waals surface area contributed by atoms with E-state index in [1.54, 1.807) is 0 Å². The van der Waals surface area contributed by atoms with Gasteiger partial charge in [0.25, 0.3) is 0 Å². The van der Waals surface area contributed by atoms with E-state index < -0.39 is 36.5 Å². The molecule has 0 bridgehead atoms. The maximum absolute atomic E-state index is 12.5. The van der Waals surface area contributed by atoms with E-state index in [-0.39, 0.29) is 19.6 Å². The average Bonchev–Trinajstić information content (AvgIpc) is 3.43. The van der Waals surface area contributed by atoms with Crippen LogP contribution in [0, 0.1) is 11.3 Å². The summed E-state index contributed by atoms with van der Waals surface area (Å²) < 4.78 is 10.6. The van der Waals surface area contributed by atoms with Crippen molar-refractivity contribution in [1.29, 1.82) is 0 Å². The van der Waals surface area contributed by atoms with Crippen molar-refractivity contribution in [2.75, 3.05) is 26.4 Å². The fraction of sp³-hybridized carbons (Fsp3) is 0.938. The zero-order valence-corrected chi connectivity index (χ0v) is 47.1. The maximum Gasteiger partial charge on any atom is 0.309 e. The number of cyclic esters (lactones) is 2. The summed E-state index contributed by atoms with van der Waals surface area (Å²) in [7, 11) is 0. The van der Waals surface area contributed by atoms with Gasteiger partial charge in [-0.05, 0) is 32.1 Å². The summed E-state index contributed by atoms with van der Waals surface area (Å²) in [6.45, 7) is 1.21. The molecule has 2 N–H and O–H groups in total. The summed E-state index contributed by atoms with van der Waals surface area (Å²) in [4.78, 5) is 24.7. The van der Waals surface area contributed by atoms with Gasteiger partial charge in [-0.1, -0.05) is 321 Å². The molecule has 0 aliphatic carbocycles. The highest BCUT2D eigenvalue weighted by atomic mass is 16.6.